The summed E-state index contributed by atoms with van der Waals surface area (Å²) in [6.07, 6.45) is 61.8. The molecule has 0 bridgehead atoms. The molecule has 1 heterocycles. The van der Waals surface area contributed by atoms with Crippen LogP contribution in [0.15, 0.2) is 60.8 Å². The summed E-state index contributed by atoms with van der Waals surface area (Å²) in [6, 6.07) is -0.833. The van der Waals surface area contributed by atoms with Gasteiger partial charge in [0.2, 0.25) is 5.91 Å². The Morgan fingerprint density at radius 3 is 1.40 bits per heavy atom. The third-order valence-electron chi connectivity index (χ3n) is 14.8. The van der Waals surface area contributed by atoms with Crippen molar-refractivity contribution in [2.45, 2.75) is 326 Å². The molecular formula is C66H119NO10. The predicted molar refractivity (Wildman–Crippen MR) is 320 cm³/mol. The Morgan fingerprint density at radius 2 is 0.896 bits per heavy atom. The molecule has 448 valence electrons. The molecule has 0 aliphatic carbocycles. The Kier molecular flexibility index (Phi) is 52.0. The van der Waals surface area contributed by atoms with Gasteiger partial charge in [-0.2, -0.15) is 0 Å². The lowest BCUT2D eigenvalue weighted by Crippen LogP contribution is -2.60. The van der Waals surface area contributed by atoms with Crippen molar-refractivity contribution >= 4 is 11.9 Å². The zero-order chi connectivity index (χ0) is 55.9. The fourth-order valence-corrected chi connectivity index (χ4v) is 9.70. The monoisotopic (exact) mass is 1090 g/mol. The van der Waals surface area contributed by atoms with Crippen LogP contribution in [0.1, 0.15) is 284 Å². The van der Waals surface area contributed by atoms with Crippen LogP contribution >= 0.6 is 0 Å². The zero-order valence-electron chi connectivity index (χ0n) is 49.4. The Balaban J connectivity index is 2.07. The first-order chi connectivity index (χ1) is 37.7. The zero-order valence-corrected chi connectivity index (χ0v) is 49.4. The molecule has 1 aliphatic heterocycles. The van der Waals surface area contributed by atoms with Gasteiger partial charge in [-0.15, -0.1) is 0 Å². The number of aliphatic hydroxyl groups excluding tert-OH is 5. The highest BCUT2D eigenvalue weighted by Crippen LogP contribution is 2.23. The average molecular weight is 1090 g/mol. The topological polar surface area (TPSA) is 175 Å². The Labute approximate surface area is 471 Å². The van der Waals surface area contributed by atoms with E-state index in [1.165, 1.54) is 173 Å². The lowest BCUT2D eigenvalue weighted by atomic mass is 9.99. The van der Waals surface area contributed by atoms with Gasteiger partial charge in [-0.05, 0) is 96.3 Å². The van der Waals surface area contributed by atoms with Crippen LogP contribution < -0.4 is 5.32 Å². The van der Waals surface area contributed by atoms with Gasteiger partial charge in [-0.25, -0.2) is 0 Å². The summed E-state index contributed by atoms with van der Waals surface area (Å²) >= 11 is 0. The standard InChI is InChI=1S/C66H119NO10/c1-3-5-7-9-11-13-15-29-33-36-40-44-48-52-59(69)58(57-76-66-65(74)64(73)63(72)60(56-68)77-66)67-61(70)53-49-45-41-37-34-30-27-25-23-21-19-17-16-18-20-22-24-26-28-31-35-39-43-47-51-55-75-62(71)54-50-46-42-38-32-14-12-10-8-6-4-2/h10,12,17-20,33,36,48,52,58-60,63-66,68-69,72-74H,3-9,11,13-16,21-32,34-35,37-47,49-51,53-57H2,1-2H3,(H,67,70)/b12-10-,19-17-,20-18-,36-33+,52-48+. The van der Waals surface area contributed by atoms with Gasteiger partial charge in [-0.1, -0.05) is 235 Å². The van der Waals surface area contributed by atoms with E-state index in [2.05, 4.69) is 67.8 Å². The number of ether oxygens (including phenoxy) is 3. The van der Waals surface area contributed by atoms with Crippen molar-refractivity contribution < 1.29 is 49.3 Å². The van der Waals surface area contributed by atoms with E-state index < -0.39 is 49.5 Å². The molecule has 77 heavy (non-hydrogen) atoms. The summed E-state index contributed by atoms with van der Waals surface area (Å²) in [5, 5.41) is 54.4. The van der Waals surface area contributed by atoms with Gasteiger partial charge in [0, 0.05) is 12.8 Å². The number of amides is 1. The Bertz CT molecular complexity index is 1460. The predicted octanol–water partition coefficient (Wildman–Crippen LogP) is 15.4. The molecule has 1 aliphatic rings. The number of hydrogen-bond acceptors (Lipinski definition) is 10. The second kappa shape index (κ2) is 55.3. The van der Waals surface area contributed by atoms with Gasteiger partial charge in [0.1, 0.15) is 24.4 Å². The van der Waals surface area contributed by atoms with E-state index in [1.54, 1.807) is 6.08 Å². The second-order valence-corrected chi connectivity index (χ2v) is 22.1. The van der Waals surface area contributed by atoms with Crippen LogP contribution in [-0.2, 0) is 23.8 Å². The number of aliphatic hydroxyl groups is 5. The number of hydrogen-bond donors (Lipinski definition) is 6. The van der Waals surface area contributed by atoms with Gasteiger partial charge in [0.05, 0.1) is 32.0 Å². The van der Waals surface area contributed by atoms with Crippen LogP contribution in [0.25, 0.3) is 0 Å². The van der Waals surface area contributed by atoms with E-state index in [1.807, 2.05) is 6.08 Å². The summed E-state index contributed by atoms with van der Waals surface area (Å²) in [4.78, 5) is 25.0. The molecule has 11 nitrogen and oxygen atoms in total. The first kappa shape index (κ1) is 72.4. The summed E-state index contributed by atoms with van der Waals surface area (Å²) in [5.74, 6) is -0.212. The fraction of sp³-hybridized carbons (Fsp3) is 0.818. The van der Waals surface area contributed by atoms with Crippen LogP contribution in [0, 0.1) is 0 Å². The normalized spacial score (nSPS) is 19.0. The van der Waals surface area contributed by atoms with Crippen molar-refractivity contribution in [2.75, 3.05) is 19.8 Å². The van der Waals surface area contributed by atoms with Gasteiger partial charge in [0.15, 0.2) is 6.29 Å². The number of allylic oxidation sites excluding steroid dienone is 9. The van der Waals surface area contributed by atoms with Crippen LogP contribution in [0.2, 0.25) is 0 Å². The third kappa shape index (κ3) is 44.8. The molecule has 0 radical (unpaired) electrons. The van der Waals surface area contributed by atoms with Crippen LogP contribution in [0.5, 0.6) is 0 Å². The van der Waals surface area contributed by atoms with Gasteiger partial charge in [-0.3, -0.25) is 9.59 Å². The molecule has 0 aromatic heterocycles. The first-order valence-electron chi connectivity index (χ1n) is 32.1. The molecule has 0 aromatic carbocycles. The van der Waals surface area contributed by atoms with Crippen molar-refractivity contribution in [3.05, 3.63) is 60.8 Å². The number of nitrogens with one attached hydrogen (secondary N) is 1. The number of carbonyl (C=O) groups excluding carboxylic acids is 2. The summed E-state index contributed by atoms with van der Waals surface area (Å²) in [5.41, 5.74) is 0. The van der Waals surface area contributed by atoms with Gasteiger partial charge < -0.3 is 45.1 Å². The highest BCUT2D eigenvalue weighted by Gasteiger charge is 2.44. The minimum absolute atomic E-state index is 0.0137. The molecule has 7 atom stereocenters. The Morgan fingerprint density at radius 1 is 0.481 bits per heavy atom. The van der Waals surface area contributed by atoms with E-state index in [0.717, 1.165) is 83.5 Å². The molecule has 0 saturated carbocycles. The lowest BCUT2D eigenvalue weighted by molar-refractivity contribution is -0.302. The van der Waals surface area contributed by atoms with E-state index in [-0.39, 0.29) is 18.5 Å². The minimum Gasteiger partial charge on any atom is -0.466 e. The SMILES string of the molecule is CCCC/C=C\CCCCCCCC(=O)OCCCCCCCCCCC/C=C\C/C=C\CCCCCCCCCCCC(=O)NC(COC1OC(CO)C(O)C(O)C1O)C(O)/C=C/CC/C=C/CCCCCCCCC. The number of unbranched alkanes of at least 4 members (excludes halogenated alkanes) is 33. The highest BCUT2D eigenvalue weighted by molar-refractivity contribution is 5.76. The van der Waals surface area contributed by atoms with Crippen molar-refractivity contribution in [3.63, 3.8) is 0 Å². The summed E-state index contributed by atoms with van der Waals surface area (Å²) < 4.78 is 16.7. The molecule has 1 saturated heterocycles. The number of esters is 1. The molecule has 1 amide bonds. The van der Waals surface area contributed by atoms with Gasteiger partial charge >= 0.3 is 5.97 Å². The average Bonchev–Trinajstić information content (AvgIpc) is 3.43. The largest absolute Gasteiger partial charge is 0.466 e. The van der Waals surface area contributed by atoms with Crippen LogP contribution in [-0.4, -0.2) is 100 Å². The first-order valence-corrected chi connectivity index (χ1v) is 32.1. The fourth-order valence-electron chi connectivity index (χ4n) is 9.70. The molecule has 0 spiro atoms. The van der Waals surface area contributed by atoms with Crippen molar-refractivity contribution in [3.8, 4) is 0 Å². The highest BCUT2D eigenvalue weighted by atomic mass is 16.7. The maximum absolute atomic E-state index is 13.0. The molecule has 11 heteroatoms. The molecule has 1 rings (SSSR count). The van der Waals surface area contributed by atoms with Crippen molar-refractivity contribution in [1.29, 1.82) is 0 Å². The third-order valence-corrected chi connectivity index (χ3v) is 14.8. The minimum atomic E-state index is -1.58. The second-order valence-electron chi connectivity index (χ2n) is 22.1. The Hall–Kier alpha value is -2.64. The molecule has 7 unspecified atom stereocenters. The maximum atomic E-state index is 13.0. The van der Waals surface area contributed by atoms with Crippen molar-refractivity contribution in [1.82, 2.24) is 5.32 Å². The smallest absolute Gasteiger partial charge is 0.305 e. The van der Waals surface area contributed by atoms with E-state index in [0.29, 0.717) is 19.4 Å². The van der Waals surface area contributed by atoms with E-state index in [4.69, 9.17) is 14.2 Å². The molecule has 6 N–H and O–H groups in total. The summed E-state index contributed by atoms with van der Waals surface area (Å²) in [7, 11) is 0. The van der Waals surface area contributed by atoms with E-state index >= 15 is 0 Å². The number of rotatable bonds is 55. The van der Waals surface area contributed by atoms with Gasteiger partial charge in [0.25, 0.3) is 0 Å². The maximum Gasteiger partial charge on any atom is 0.305 e. The molecular weight excluding hydrogens is 967 g/mol. The van der Waals surface area contributed by atoms with Crippen molar-refractivity contribution in [2.24, 2.45) is 0 Å². The van der Waals surface area contributed by atoms with Crippen LogP contribution in [0.3, 0.4) is 0 Å². The summed E-state index contributed by atoms with van der Waals surface area (Å²) in [6.45, 7) is 4.27. The van der Waals surface area contributed by atoms with Crippen LogP contribution in [0.4, 0.5) is 0 Å². The lowest BCUT2D eigenvalue weighted by Gasteiger charge is -2.40. The number of carbonyl (C=O) groups is 2. The molecule has 0 aromatic rings. The van der Waals surface area contributed by atoms with E-state index in [9.17, 15) is 35.1 Å². The quantitative estimate of drug-likeness (QED) is 0.0195. The molecule has 1 fully saturated rings.